The summed E-state index contributed by atoms with van der Waals surface area (Å²) in [6, 6.07) is 28.6. The van der Waals surface area contributed by atoms with Gasteiger partial charge in [0.05, 0.1) is 34.7 Å². The fourth-order valence-corrected chi connectivity index (χ4v) is 10.6. The number of hydrogen-bond donors (Lipinski definition) is 1. The van der Waals surface area contributed by atoms with Gasteiger partial charge in [-0.05, 0) is 128 Å². The Balaban J connectivity index is 1.54. The molecule has 13 heteroatoms. The monoisotopic (exact) mass is 953 g/mol. The van der Waals surface area contributed by atoms with Crippen LogP contribution in [0.1, 0.15) is 152 Å². The molecule has 0 bridgehead atoms. The smallest absolute Gasteiger partial charge is 0.312 e. The lowest BCUT2D eigenvalue weighted by Crippen LogP contribution is -2.59. The van der Waals surface area contributed by atoms with E-state index in [-0.39, 0.29) is 54.5 Å². The molecule has 13 nitrogen and oxygen atoms in total. The number of imidazole rings is 1. The first kappa shape index (κ1) is 56.1. The zero-order chi connectivity index (χ0) is 52.0. The number of nitrogens with zero attached hydrogens (tertiary/aromatic N) is 7. The SMILES string of the molecule is CCN(CCOC(=O)C(C)(CC(C)(CC)C(CC)(CC)C(C)(CC(C)(CC)CC)C(=O)OCCOc1ccc(-c2ccc(C#N)cc2)cc1)C(C)(C)C)c1ccc(/N=N/c2nc(C#N)c(C#N)[nH]2)cc1. The normalized spacial score (nSPS) is 14.5. The number of nitrogens with one attached hydrogen (secondary N) is 1. The second kappa shape index (κ2) is 23.9. The van der Waals surface area contributed by atoms with Crippen molar-refractivity contribution in [1.29, 1.82) is 15.8 Å². The second-order valence-corrected chi connectivity index (χ2v) is 20.6. The minimum absolute atomic E-state index is 0.0337. The van der Waals surface area contributed by atoms with E-state index in [0.717, 1.165) is 36.1 Å². The van der Waals surface area contributed by atoms with Gasteiger partial charge in [0, 0.05) is 12.2 Å². The number of benzene rings is 3. The van der Waals surface area contributed by atoms with Gasteiger partial charge in [-0.1, -0.05) is 113 Å². The van der Waals surface area contributed by atoms with E-state index in [1.54, 1.807) is 12.1 Å². The average molecular weight is 953 g/mol. The molecule has 0 saturated carbocycles. The Hall–Kier alpha value is -6.52. The summed E-state index contributed by atoms with van der Waals surface area (Å²) in [5, 5.41) is 35.8. The van der Waals surface area contributed by atoms with Crippen molar-refractivity contribution < 1.29 is 23.8 Å². The van der Waals surface area contributed by atoms with E-state index >= 15 is 4.79 Å². The van der Waals surface area contributed by atoms with E-state index < -0.39 is 27.1 Å². The van der Waals surface area contributed by atoms with Crippen LogP contribution in [-0.4, -0.2) is 54.8 Å². The van der Waals surface area contributed by atoms with Crippen molar-refractivity contribution in [2.75, 3.05) is 37.8 Å². The molecular formula is C57H76N8O5. The van der Waals surface area contributed by atoms with Gasteiger partial charge in [-0.15, -0.1) is 10.2 Å². The number of likely N-dealkylation sites (N-methyl/N-ethyl adjacent to an activating group) is 1. The number of esters is 2. The van der Waals surface area contributed by atoms with Gasteiger partial charge in [-0.3, -0.25) is 9.59 Å². The molecule has 3 aromatic carbocycles. The van der Waals surface area contributed by atoms with E-state index in [9.17, 15) is 20.6 Å². The first-order valence-corrected chi connectivity index (χ1v) is 24.9. The minimum atomic E-state index is -0.930. The van der Waals surface area contributed by atoms with Crippen LogP contribution in [-0.2, 0) is 19.1 Å². The van der Waals surface area contributed by atoms with Gasteiger partial charge in [-0.25, -0.2) is 0 Å². The van der Waals surface area contributed by atoms with E-state index in [1.807, 2.05) is 86.6 Å². The molecule has 0 radical (unpaired) electrons. The summed E-state index contributed by atoms with van der Waals surface area (Å²) >= 11 is 0. The number of anilines is 1. The van der Waals surface area contributed by atoms with Crippen LogP contribution < -0.4 is 9.64 Å². The molecule has 3 atom stereocenters. The third kappa shape index (κ3) is 12.3. The van der Waals surface area contributed by atoms with E-state index in [0.29, 0.717) is 55.8 Å². The van der Waals surface area contributed by atoms with Crippen LogP contribution >= 0.6 is 0 Å². The molecule has 0 fully saturated rings. The van der Waals surface area contributed by atoms with E-state index in [2.05, 4.69) is 107 Å². The molecule has 1 aromatic heterocycles. The molecule has 0 amide bonds. The Morgan fingerprint density at radius 2 is 1.21 bits per heavy atom. The number of ether oxygens (including phenoxy) is 3. The molecule has 1 N–H and O–H groups in total. The highest BCUT2D eigenvalue weighted by molar-refractivity contribution is 5.79. The van der Waals surface area contributed by atoms with Crippen molar-refractivity contribution in [3.63, 3.8) is 0 Å². The zero-order valence-corrected chi connectivity index (χ0v) is 44.1. The van der Waals surface area contributed by atoms with Gasteiger partial charge in [-0.2, -0.15) is 20.8 Å². The van der Waals surface area contributed by atoms with Gasteiger partial charge in [0.25, 0.3) is 0 Å². The number of rotatable bonds is 25. The molecule has 374 valence electrons. The fraction of sp³-hybridized carbons (Fsp3) is 0.544. The number of aromatic amines is 1. The van der Waals surface area contributed by atoms with Crippen molar-refractivity contribution in [1.82, 2.24) is 9.97 Å². The quantitative estimate of drug-likeness (QED) is 0.0380. The van der Waals surface area contributed by atoms with Crippen LogP contribution in [0.15, 0.2) is 83.0 Å². The number of nitriles is 3. The van der Waals surface area contributed by atoms with E-state index in [4.69, 9.17) is 14.2 Å². The minimum Gasteiger partial charge on any atom is -0.490 e. The molecule has 70 heavy (non-hydrogen) atoms. The summed E-state index contributed by atoms with van der Waals surface area (Å²) in [6.07, 6.45) is 5.08. The average Bonchev–Trinajstić information content (AvgIpc) is 3.78. The van der Waals surface area contributed by atoms with Gasteiger partial charge >= 0.3 is 11.9 Å². The molecule has 0 spiro atoms. The molecule has 3 unspecified atom stereocenters. The number of aromatic nitrogens is 2. The first-order valence-electron chi connectivity index (χ1n) is 24.9. The Morgan fingerprint density at radius 3 is 1.70 bits per heavy atom. The topological polar surface area (TPSA) is 190 Å². The second-order valence-electron chi connectivity index (χ2n) is 20.6. The molecule has 0 saturated heterocycles. The predicted molar refractivity (Wildman–Crippen MR) is 276 cm³/mol. The molecule has 0 aliphatic carbocycles. The van der Waals surface area contributed by atoms with Crippen LogP contribution in [0.4, 0.5) is 17.3 Å². The molecule has 0 aliphatic rings. The van der Waals surface area contributed by atoms with Crippen molar-refractivity contribution in [3.8, 4) is 35.1 Å². The zero-order valence-electron chi connectivity index (χ0n) is 44.1. The fourth-order valence-electron chi connectivity index (χ4n) is 10.6. The van der Waals surface area contributed by atoms with Crippen LogP contribution in [0, 0.1) is 66.5 Å². The first-order chi connectivity index (χ1) is 33.1. The Labute approximate surface area is 417 Å². The maximum Gasteiger partial charge on any atom is 0.312 e. The third-order valence-corrected chi connectivity index (χ3v) is 16.1. The van der Waals surface area contributed by atoms with E-state index in [1.165, 1.54) is 0 Å². The third-order valence-electron chi connectivity index (χ3n) is 16.1. The lowest BCUT2D eigenvalue weighted by Gasteiger charge is -2.61. The highest BCUT2D eigenvalue weighted by atomic mass is 16.6. The summed E-state index contributed by atoms with van der Waals surface area (Å²) in [4.78, 5) is 38.7. The standard InChI is InChI=1S/C57H76N8O5/c1-14-53(10,15-2)39-56(13,50(67)70-35-34-68-46-30-24-43(25-31-46)42-22-20-41(36-58)21-23-42)57(17-4,18-5)54(11,16-3)40-55(12,52(7,8)9)49(66)69-33-32-65(19-6)45-28-26-44(27-29-45)63-64-51-61-47(37-59)48(38-60)62-51/h20-31H,14-19,32-35,39-40H2,1-13H3,(H,61,62)/b64-63+. The number of H-pyrrole nitrogens is 1. The van der Waals surface area contributed by atoms with Crippen molar-refractivity contribution in [2.24, 2.45) is 42.7 Å². The summed E-state index contributed by atoms with van der Waals surface area (Å²) in [5.74, 6) is 0.238. The van der Waals surface area contributed by atoms with Crippen LogP contribution in [0.3, 0.4) is 0 Å². The van der Waals surface area contributed by atoms with Gasteiger partial charge in [0.2, 0.25) is 5.95 Å². The predicted octanol–water partition coefficient (Wildman–Crippen LogP) is 14.0. The van der Waals surface area contributed by atoms with Crippen LogP contribution in [0.5, 0.6) is 5.75 Å². The number of azo groups is 1. The highest BCUT2D eigenvalue weighted by Gasteiger charge is 2.64. The Bertz CT molecular complexity index is 2480. The summed E-state index contributed by atoms with van der Waals surface area (Å²) in [7, 11) is 0. The van der Waals surface area contributed by atoms with Gasteiger partial charge in [0.1, 0.15) is 37.7 Å². The van der Waals surface area contributed by atoms with Crippen molar-refractivity contribution >= 4 is 29.3 Å². The highest BCUT2D eigenvalue weighted by Crippen LogP contribution is 2.66. The van der Waals surface area contributed by atoms with Gasteiger partial charge < -0.3 is 24.1 Å². The molecule has 4 rings (SSSR count). The molecule has 4 aromatic rings. The lowest BCUT2D eigenvalue weighted by molar-refractivity contribution is -0.192. The number of carbonyl (C=O) groups is 2. The summed E-state index contributed by atoms with van der Waals surface area (Å²) in [5.41, 5.74) is 0.511. The number of hydrogen-bond acceptors (Lipinski definition) is 12. The molecular weight excluding hydrogens is 877 g/mol. The van der Waals surface area contributed by atoms with Crippen LogP contribution in [0.25, 0.3) is 11.1 Å². The lowest BCUT2D eigenvalue weighted by atomic mass is 9.42. The largest absolute Gasteiger partial charge is 0.490 e. The van der Waals surface area contributed by atoms with Crippen molar-refractivity contribution in [2.45, 2.75) is 135 Å². The Kier molecular flexibility index (Phi) is 19.1. The number of carbonyl (C=O) groups excluding carboxylic acids is 2. The Morgan fingerprint density at radius 1 is 0.643 bits per heavy atom. The maximum atomic E-state index is 15.1. The summed E-state index contributed by atoms with van der Waals surface area (Å²) in [6.45, 7) is 29.7. The van der Waals surface area contributed by atoms with Crippen LogP contribution in [0.2, 0.25) is 0 Å². The molecule has 1 heterocycles. The molecule has 0 aliphatic heterocycles. The van der Waals surface area contributed by atoms with Crippen molar-refractivity contribution in [3.05, 3.63) is 89.7 Å². The maximum absolute atomic E-state index is 15.1. The summed E-state index contributed by atoms with van der Waals surface area (Å²) < 4.78 is 18.7. The van der Waals surface area contributed by atoms with Gasteiger partial charge in [0.15, 0.2) is 11.4 Å².